The smallest absolute Gasteiger partial charge is 0.363 e. The summed E-state index contributed by atoms with van der Waals surface area (Å²) in [6.07, 6.45) is -1.42. The first-order valence-corrected chi connectivity index (χ1v) is 6.23. The lowest BCUT2D eigenvalue weighted by Gasteiger charge is -2.33. The van der Waals surface area contributed by atoms with Crippen molar-refractivity contribution < 1.29 is 13.2 Å². The SMILES string of the molecule is Cc1c([C@H]2C[C@@H](C(F)(F)F)n3nccc3N2)cnn1C. The Morgan fingerprint density at radius 3 is 2.70 bits per heavy atom. The Bertz CT molecular complexity index is 627. The van der Waals surface area contributed by atoms with Gasteiger partial charge in [0.05, 0.1) is 18.4 Å². The highest BCUT2D eigenvalue weighted by Gasteiger charge is 2.46. The fraction of sp³-hybridized carbons (Fsp3) is 0.500. The summed E-state index contributed by atoms with van der Waals surface area (Å²) in [5.74, 6) is 0.381. The average molecular weight is 285 g/mol. The second-order valence-corrected chi connectivity index (χ2v) is 4.96. The standard InChI is InChI=1S/C12H14F3N5/c1-7-8(6-17-19(7)2)9-5-10(12(13,14)15)20-11(18-9)3-4-16-20/h3-4,6,9-10,18H,5H2,1-2H3/t9-,10+/m1/s1. The van der Waals surface area contributed by atoms with Crippen LogP contribution in [0.4, 0.5) is 19.0 Å². The van der Waals surface area contributed by atoms with Crippen molar-refractivity contribution in [3.63, 3.8) is 0 Å². The number of nitrogens with zero attached hydrogens (tertiary/aromatic N) is 4. The average Bonchev–Trinajstić information content (AvgIpc) is 2.95. The predicted molar refractivity (Wildman–Crippen MR) is 66.2 cm³/mol. The molecule has 2 atom stereocenters. The number of anilines is 1. The minimum atomic E-state index is -4.32. The van der Waals surface area contributed by atoms with Crippen molar-refractivity contribution in [1.29, 1.82) is 0 Å². The van der Waals surface area contributed by atoms with Gasteiger partial charge in [0.25, 0.3) is 0 Å². The zero-order chi connectivity index (χ0) is 14.5. The van der Waals surface area contributed by atoms with Gasteiger partial charge in [-0.1, -0.05) is 0 Å². The van der Waals surface area contributed by atoms with E-state index in [9.17, 15) is 13.2 Å². The van der Waals surface area contributed by atoms with Gasteiger partial charge in [-0.15, -0.1) is 0 Å². The maximum absolute atomic E-state index is 13.2. The maximum atomic E-state index is 13.2. The molecule has 0 bridgehead atoms. The third kappa shape index (κ3) is 1.95. The Kier molecular flexibility index (Phi) is 2.77. The van der Waals surface area contributed by atoms with Crippen LogP contribution in [0.25, 0.3) is 0 Å². The van der Waals surface area contributed by atoms with Crippen LogP contribution in [-0.2, 0) is 7.05 Å². The molecular weight excluding hydrogens is 271 g/mol. The van der Waals surface area contributed by atoms with Crippen molar-refractivity contribution in [1.82, 2.24) is 19.6 Å². The lowest BCUT2D eigenvalue weighted by Crippen LogP contribution is -2.35. The molecule has 1 N–H and O–H groups in total. The van der Waals surface area contributed by atoms with E-state index in [4.69, 9.17) is 0 Å². The van der Waals surface area contributed by atoms with Gasteiger partial charge < -0.3 is 5.32 Å². The summed E-state index contributed by atoms with van der Waals surface area (Å²) in [7, 11) is 1.77. The Hall–Kier alpha value is -1.99. The number of aryl methyl sites for hydroxylation is 1. The minimum absolute atomic E-state index is 0.0925. The zero-order valence-electron chi connectivity index (χ0n) is 11.0. The quantitative estimate of drug-likeness (QED) is 0.876. The van der Waals surface area contributed by atoms with Gasteiger partial charge in [-0.05, 0) is 6.92 Å². The van der Waals surface area contributed by atoms with E-state index in [0.29, 0.717) is 5.82 Å². The summed E-state index contributed by atoms with van der Waals surface area (Å²) in [5, 5.41) is 11.0. The number of nitrogens with one attached hydrogen (secondary N) is 1. The molecule has 1 aliphatic heterocycles. The van der Waals surface area contributed by atoms with Crippen molar-refractivity contribution in [3.05, 3.63) is 29.7 Å². The van der Waals surface area contributed by atoms with Crippen LogP contribution in [0.15, 0.2) is 18.5 Å². The van der Waals surface area contributed by atoms with E-state index in [-0.39, 0.29) is 6.42 Å². The van der Waals surface area contributed by atoms with Gasteiger partial charge in [0, 0.05) is 30.8 Å². The summed E-state index contributed by atoms with van der Waals surface area (Å²) < 4.78 is 42.2. The van der Waals surface area contributed by atoms with Gasteiger partial charge in [0.2, 0.25) is 0 Å². The van der Waals surface area contributed by atoms with E-state index in [1.807, 2.05) is 6.92 Å². The van der Waals surface area contributed by atoms with Gasteiger partial charge in [-0.2, -0.15) is 23.4 Å². The van der Waals surface area contributed by atoms with Crippen LogP contribution in [0.3, 0.4) is 0 Å². The lowest BCUT2D eigenvalue weighted by atomic mass is 9.97. The van der Waals surface area contributed by atoms with E-state index >= 15 is 0 Å². The van der Waals surface area contributed by atoms with Gasteiger partial charge in [0.1, 0.15) is 5.82 Å². The Morgan fingerprint density at radius 2 is 2.10 bits per heavy atom. The third-order valence-corrected chi connectivity index (χ3v) is 3.77. The highest BCUT2D eigenvalue weighted by atomic mass is 19.4. The molecule has 5 nitrogen and oxygen atoms in total. The number of fused-ring (bicyclic) bond motifs is 1. The summed E-state index contributed by atoms with van der Waals surface area (Å²) in [5.41, 5.74) is 1.64. The van der Waals surface area contributed by atoms with E-state index < -0.39 is 18.3 Å². The molecule has 0 amide bonds. The molecule has 0 fully saturated rings. The van der Waals surface area contributed by atoms with Crippen LogP contribution in [0.1, 0.15) is 29.8 Å². The molecule has 0 saturated carbocycles. The summed E-state index contributed by atoms with van der Waals surface area (Å²) in [6, 6.07) is -0.478. The summed E-state index contributed by atoms with van der Waals surface area (Å²) in [4.78, 5) is 0. The summed E-state index contributed by atoms with van der Waals surface area (Å²) in [6.45, 7) is 1.85. The Labute approximate surface area is 113 Å². The number of rotatable bonds is 1. The van der Waals surface area contributed by atoms with E-state index in [2.05, 4.69) is 15.5 Å². The van der Waals surface area contributed by atoms with Crippen molar-refractivity contribution in [3.8, 4) is 0 Å². The zero-order valence-corrected chi connectivity index (χ0v) is 11.0. The van der Waals surface area contributed by atoms with Gasteiger partial charge in [0.15, 0.2) is 6.04 Å². The Balaban J connectivity index is 2.00. The third-order valence-electron chi connectivity index (χ3n) is 3.77. The second kappa shape index (κ2) is 4.26. The molecule has 2 aromatic heterocycles. The fourth-order valence-corrected chi connectivity index (χ4v) is 2.57. The first-order valence-electron chi connectivity index (χ1n) is 6.23. The van der Waals surface area contributed by atoms with E-state index in [1.54, 1.807) is 24.0 Å². The first-order chi connectivity index (χ1) is 9.38. The molecule has 0 aliphatic carbocycles. The summed E-state index contributed by atoms with van der Waals surface area (Å²) >= 11 is 0. The first kappa shape index (κ1) is 13.0. The highest BCUT2D eigenvalue weighted by Crippen LogP contribution is 2.43. The molecule has 0 saturated heterocycles. The molecule has 0 unspecified atom stereocenters. The lowest BCUT2D eigenvalue weighted by molar-refractivity contribution is -0.173. The number of hydrogen-bond donors (Lipinski definition) is 1. The van der Waals surface area contributed by atoms with Gasteiger partial charge in [-0.3, -0.25) is 4.68 Å². The van der Waals surface area contributed by atoms with Gasteiger partial charge in [-0.25, -0.2) is 4.68 Å². The molecule has 1 aliphatic rings. The van der Waals surface area contributed by atoms with E-state index in [1.165, 1.54) is 6.20 Å². The van der Waals surface area contributed by atoms with Crippen LogP contribution in [0, 0.1) is 6.92 Å². The number of hydrogen-bond acceptors (Lipinski definition) is 3. The Morgan fingerprint density at radius 1 is 1.35 bits per heavy atom. The van der Waals surface area contributed by atoms with Gasteiger partial charge >= 0.3 is 6.18 Å². The fourth-order valence-electron chi connectivity index (χ4n) is 2.57. The van der Waals surface area contributed by atoms with Crippen LogP contribution >= 0.6 is 0 Å². The number of halogens is 3. The molecule has 2 aromatic rings. The van der Waals surface area contributed by atoms with Crippen molar-refractivity contribution in [2.24, 2.45) is 7.05 Å². The van der Waals surface area contributed by atoms with Crippen LogP contribution in [0.5, 0.6) is 0 Å². The molecule has 20 heavy (non-hydrogen) atoms. The van der Waals surface area contributed by atoms with Crippen LogP contribution < -0.4 is 5.32 Å². The van der Waals surface area contributed by atoms with Crippen molar-refractivity contribution in [2.45, 2.75) is 31.6 Å². The predicted octanol–water partition coefficient (Wildman–Crippen LogP) is 2.59. The molecule has 108 valence electrons. The topological polar surface area (TPSA) is 47.7 Å². The molecule has 8 heteroatoms. The number of alkyl halides is 3. The largest absolute Gasteiger partial charge is 0.410 e. The maximum Gasteiger partial charge on any atom is 0.410 e. The van der Waals surface area contributed by atoms with Crippen LogP contribution in [-0.4, -0.2) is 25.7 Å². The molecule has 0 radical (unpaired) electrons. The highest BCUT2D eigenvalue weighted by molar-refractivity contribution is 5.42. The number of aromatic nitrogens is 4. The van der Waals surface area contributed by atoms with Crippen molar-refractivity contribution in [2.75, 3.05) is 5.32 Å². The van der Waals surface area contributed by atoms with Crippen molar-refractivity contribution >= 4 is 5.82 Å². The molecule has 3 rings (SSSR count). The minimum Gasteiger partial charge on any atom is -0.363 e. The molecule has 3 heterocycles. The molecule has 0 aromatic carbocycles. The van der Waals surface area contributed by atoms with E-state index in [0.717, 1.165) is 15.9 Å². The molecular formula is C12H14F3N5. The molecule has 0 spiro atoms. The normalized spacial score (nSPS) is 22.4. The monoisotopic (exact) mass is 285 g/mol. The van der Waals surface area contributed by atoms with Crippen LogP contribution in [0.2, 0.25) is 0 Å². The second-order valence-electron chi connectivity index (χ2n) is 4.96.